The molecule has 3 saturated carbocycles. The Morgan fingerprint density at radius 3 is 2.68 bits per heavy atom. The molecule has 0 aromatic heterocycles. The second-order valence-electron chi connectivity index (χ2n) is 9.65. The monoisotopic (exact) mass is 342 g/mol. The highest BCUT2D eigenvalue weighted by Crippen LogP contribution is 2.66. The average Bonchev–Trinajstić information content (AvgIpc) is 2.97. The summed E-state index contributed by atoms with van der Waals surface area (Å²) in [7, 11) is 1.94. The van der Waals surface area contributed by atoms with Gasteiger partial charge in [0.1, 0.15) is 0 Å². The van der Waals surface area contributed by atoms with Crippen LogP contribution in [0, 0.1) is 34.5 Å². The molecule has 6 atom stereocenters. The normalized spacial score (nSPS) is 48.6. The third-order valence-corrected chi connectivity index (χ3v) is 8.95. The number of rotatable bonds is 1. The lowest BCUT2D eigenvalue weighted by atomic mass is 9.44. The van der Waals surface area contributed by atoms with Crippen molar-refractivity contribution in [3.05, 3.63) is 11.6 Å². The summed E-state index contributed by atoms with van der Waals surface area (Å²) in [5.41, 5.74) is 4.64. The molecule has 4 aliphatic carbocycles. The van der Waals surface area contributed by atoms with Gasteiger partial charge in [0.25, 0.3) is 0 Å². The van der Waals surface area contributed by atoms with Gasteiger partial charge in [-0.25, -0.2) is 0 Å². The molecule has 3 heteroatoms. The van der Waals surface area contributed by atoms with E-state index in [-0.39, 0.29) is 0 Å². The van der Waals surface area contributed by atoms with Crippen molar-refractivity contribution in [2.75, 3.05) is 7.05 Å². The van der Waals surface area contributed by atoms with E-state index in [0.29, 0.717) is 10.8 Å². The lowest BCUT2D eigenvalue weighted by Crippen LogP contribution is -2.53. The lowest BCUT2D eigenvalue weighted by Gasteiger charge is -2.60. The Hall–Kier alpha value is -1.12. The van der Waals surface area contributed by atoms with E-state index in [0.717, 1.165) is 42.2 Å². The first-order chi connectivity index (χ1) is 11.9. The van der Waals surface area contributed by atoms with Crippen molar-refractivity contribution in [3.8, 4) is 0 Å². The summed E-state index contributed by atoms with van der Waals surface area (Å²) in [5.74, 6) is 3.26. The number of oxime groups is 1. The molecule has 3 unspecified atom stereocenters. The van der Waals surface area contributed by atoms with Crippen LogP contribution < -0.4 is 0 Å². The number of hydrogen-bond donors (Lipinski definition) is 1. The Bertz CT molecular complexity index is 648. The Morgan fingerprint density at radius 2 is 1.96 bits per heavy atom. The minimum Gasteiger partial charge on any atom is -0.411 e. The van der Waals surface area contributed by atoms with E-state index in [9.17, 15) is 5.21 Å². The number of fused-ring (bicyclic) bond motifs is 5. The molecule has 0 aliphatic heterocycles. The molecule has 4 rings (SSSR count). The molecule has 0 radical (unpaired) electrons. The Morgan fingerprint density at radius 1 is 1.16 bits per heavy atom. The molecule has 0 saturated heterocycles. The largest absolute Gasteiger partial charge is 0.411 e. The molecule has 138 valence electrons. The predicted molar refractivity (Wildman–Crippen MR) is 103 cm³/mol. The molecular weight excluding hydrogens is 308 g/mol. The first kappa shape index (κ1) is 17.3. The summed E-state index contributed by atoms with van der Waals surface area (Å²) in [5, 5.41) is 12.8. The lowest BCUT2D eigenvalue weighted by molar-refractivity contribution is -0.0866. The van der Waals surface area contributed by atoms with Gasteiger partial charge in [-0.3, -0.25) is 4.99 Å². The van der Waals surface area contributed by atoms with E-state index in [1.54, 1.807) is 5.57 Å². The van der Waals surface area contributed by atoms with Crippen molar-refractivity contribution in [2.45, 2.75) is 72.1 Å². The molecule has 25 heavy (non-hydrogen) atoms. The summed E-state index contributed by atoms with van der Waals surface area (Å²) in [6, 6.07) is 0. The molecule has 1 N–H and O–H groups in total. The van der Waals surface area contributed by atoms with Gasteiger partial charge in [0.15, 0.2) is 0 Å². The van der Waals surface area contributed by atoms with Crippen LogP contribution in [0.4, 0.5) is 0 Å². The van der Waals surface area contributed by atoms with Crippen LogP contribution in [0.2, 0.25) is 0 Å². The Balaban J connectivity index is 1.61. The molecule has 0 aromatic carbocycles. The summed E-state index contributed by atoms with van der Waals surface area (Å²) in [4.78, 5) is 4.52. The van der Waals surface area contributed by atoms with Crippen molar-refractivity contribution in [3.63, 3.8) is 0 Å². The molecule has 3 nitrogen and oxygen atoms in total. The van der Waals surface area contributed by atoms with Crippen LogP contribution in [-0.2, 0) is 0 Å². The highest BCUT2D eigenvalue weighted by Gasteiger charge is 2.58. The zero-order chi connectivity index (χ0) is 17.8. The van der Waals surface area contributed by atoms with Crippen molar-refractivity contribution in [1.82, 2.24) is 0 Å². The fourth-order valence-corrected chi connectivity index (χ4v) is 7.40. The summed E-state index contributed by atoms with van der Waals surface area (Å²) < 4.78 is 0. The van der Waals surface area contributed by atoms with E-state index in [1.165, 1.54) is 44.2 Å². The van der Waals surface area contributed by atoms with Gasteiger partial charge in [-0.2, -0.15) is 0 Å². The molecule has 0 aromatic rings. The number of aliphatic imine (C=N–C) groups is 1. The average molecular weight is 343 g/mol. The second kappa shape index (κ2) is 5.96. The summed E-state index contributed by atoms with van der Waals surface area (Å²) in [6.07, 6.45) is 12.4. The Labute approximate surface area is 152 Å². The third kappa shape index (κ3) is 2.37. The van der Waals surface area contributed by atoms with Crippen LogP contribution in [-0.4, -0.2) is 23.7 Å². The van der Waals surface area contributed by atoms with Crippen molar-refractivity contribution >= 4 is 11.4 Å². The van der Waals surface area contributed by atoms with Gasteiger partial charge in [-0.05, 0) is 98.4 Å². The van der Waals surface area contributed by atoms with Crippen LogP contribution in [0.25, 0.3) is 0 Å². The van der Waals surface area contributed by atoms with E-state index < -0.39 is 0 Å². The van der Waals surface area contributed by atoms with Crippen LogP contribution in [0.5, 0.6) is 0 Å². The van der Waals surface area contributed by atoms with Crippen molar-refractivity contribution < 1.29 is 5.21 Å². The van der Waals surface area contributed by atoms with Gasteiger partial charge in [0, 0.05) is 12.8 Å². The van der Waals surface area contributed by atoms with Gasteiger partial charge < -0.3 is 5.21 Å². The predicted octanol–water partition coefficient (Wildman–Crippen LogP) is 5.49. The smallest absolute Gasteiger partial charge is 0.0574 e. The number of nitrogens with zero attached hydrogens (tertiary/aromatic N) is 2. The number of hydrogen-bond acceptors (Lipinski definition) is 3. The molecule has 0 spiro atoms. The second-order valence-corrected chi connectivity index (χ2v) is 9.65. The van der Waals surface area contributed by atoms with Crippen LogP contribution in [0.3, 0.4) is 0 Å². The standard InChI is InChI=1S/C22H34N2O/c1-14(23-4)18-7-8-19-17-6-5-15-13-16(24-25)9-11-21(15,2)20(17)10-12-22(18,19)3/h7,15,17,19-20,25H,5-6,8-13H2,1-4H3/b23-14-,24-16-/t15-,17?,19?,20?,21-,22+/m0/s1. The van der Waals surface area contributed by atoms with Gasteiger partial charge in [0.05, 0.1) is 5.71 Å². The third-order valence-electron chi connectivity index (χ3n) is 8.95. The van der Waals surface area contributed by atoms with Crippen molar-refractivity contribution in [1.29, 1.82) is 0 Å². The Kier molecular flexibility index (Phi) is 4.12. The zero-order valence-corrected chi connectivity index (χ0v) is 16.4. The fourth-order valence-electron chi connectivity index (χ4n) is 7.40. The van der Waals surface area contributed by atoms with Crippen LogP contribution >= 0.6 is 0 Å². The van der Waals surface area contributed by atoms with E-state index >= 15 is 0 Å². The molecular formula is C22H34N2O. The molecule has 0 heterocycles. The molecule has 0 amide bonds. The first-order valence-corrected chi connectivity index (χ1v) is 10.3. The molecule has 3 fully saturated rings. The summed E-state index contributed by atoms with van der Waals surface area (Å²) in [6.45, 7) is 7.28. The van der Waals surface area contributed by atoms with Gasteiger partial charge in [-0.15, -0.1) is 0 Å². The van der Waals surface area contributed by atoms with Gasteiger partial charge in [-0.1, -0.05) is 25.1 Å². The van der Waals surface area contributed by atoms with E-state index in [2.05, 4.69) is 37.0 Å². The van der Waals surface area contributed by atoms with Crippen LogP contribution in [0.15, 0.2) is 21.8 Å². The van der Waals surface area contributed by atoms with Crippen molar-refractivity contribution in [2.24, 2.45) is 44.6 Å². The highest BCUT2D eigenvalue weighted by molar-refractivity contribution is 5.99. The quantitative estimate of drug-likeness (QED) is 0.382. The minimum atomic E-state index is 0.348. The van der Waals surface area contributed by atoms with E-state index in [1.807, 2.05) is 7.05 Å². The first-order valence-electron chi connectivity index (χ1n) is 10.3. The fraction of sp³-hybridized carbons (Fsp3) is 0.818. The minimum absolute atomic E-state index is 0.348. The SMILES string of the molecule is C/N=C(/C)C1=CCC2C3CC[C@H]4C/C(=N\O)CC[C@]4(C)C3CC[C@]12C. The highest BCUT2D eigenvalue weighted by atomic mass is 16.4. The molecule has 0 bridgehead atoms. The summed E-state index contributed by atoms with van der Waals surface area (Å²) >= 11 is 0. The maximum absolute atomic E-state index is 9.23. The maximum Gasteiger partial charge on any atom is 0.0574 e. The van der Waals surface area contributed by atoms with Crippen LogP contribution in [0.1, 0.15) is 72.1 Å². The van der Waals surface area contributed by atoms with E-state index in [4.69, 9.17) is 0 Å². The van der Waals surface area contributed by atoms with Gasteiger partial charge in [0.2, 0.25) is 0 Å². The molecule has 4 aliphatic rings. The number of allylic oxidation sites excluding steroid dienone is 2. The zero-order valence-electron chi connectivity index (χ0n) is 16.4. The topological polar surface area (TPSA) is 45.0 Å². The maximum atomic E-state index is 9.23. The van der Waals surface area contributed by atoms with Gasteiger partial charge >= 0.3 is 0 Å².